The van der Waals surface area contributed by atoms with Crippen molar-refractivity contribution in [3.63, 3.8) is 0 Å². The summed E-state index contributed by atoms with van der Waals surface area (Å²) >= 11 is 0. The van der Waals surface area contributed by atoms with Crippen molar-refractivity contribution in [2.75, 3.05) is 5.32 Å². The average Bonchev–Trinajstić information content (AvgIpc) is 2.40. The Hall–Kier alpha value is -2.30. The molecule has 0 aromatic heterocycles. The Labute approximate surface area is 107 Å². The molecular formula is C14H10F3NO. The van der Waals surface area contributed by atoms with E-state index in [0.717, 1.165) is 13.0 Å². The minimum atomic E-state index is -1.61. The molecule has 2 nitrogen and oxygen atoms in total. The van der Waals surface area contributed by atoms with Gasteiger partial charge < -0.3 is 5.32 Å². The third kappa shape index (κ3) is 2.59. The van der Waals surface area contributed by atoms with E-state index in [1.807, 2.05) is 0 Å². The van der Waals surface area contributed by atoms with Crippen LogP contribution in [-0.4, -0.2) is 5.91 Å². The molecule has 5 heteroatoms. The van der Waals surface area contributed by atoms with Gasteiger partial charge in [-0.1, -0.05) is 30.3 Å². The molecule has 0 atom stereocenters. The second kappa shape index (κ2) is 5.14. The van der Waals surface area contributed by atoms with E-state index in [2.05, 4.69) is 5.32 Å². The lowest BCUT2D eigenvalue weighted by Crippen LogP contribution is -2.11. The van der Waals surface area contributed by atoms with E-state index >= 15 is 0 Å². The maximum Gasteiger partial charge on any atom is 0.221 e. The zero-order valence-electron chi connectivity index (χ0n) is 10.0. The maximum atomic E-state index is 13.7. The normalized spacial score (nSPS) is 10.3. The number of halogens is 3. The van der Waals surface area contributed by atoms with E-state index < -0.39 is 23.4 Å². The molecule has 0 spiro atoms. The van der Waals surface area contributed by atoms with Crippen LogP contribution in [0.1, 0.15) is 6.92 Å². The number of carbonyl (C=O) groups is 1. The zero-order valence-corrected chi connectivity index (χ0v) is 10.0. The summed E-state index contributed by atoms with van der Waals surface area (Å²) in [5, 5.41) is 2.19. The molecule has 2 rings (SSSR count). The lowest BCUT2D eigenvalue weighted by atomic mass is 10.0. The van der Waals surface area contributed by atoms with Crippen molar-refractivity contribution in [1.82, 2.24) is 0 Å². The Balaban J connectivity index is 2.68. The van der Waals surface area contributed by atoms with Crippen molar-refractivity contribution in [2.24, 2.45) is 0 Å². The topological polar surface area (TPSA) is 29.1 Å². The smallest absolute Gasteiger partial charge is 0.221 e. The fraction of sp³-hybridized carbons (Fsp3) is 0.0714. The largest absolute Gasteiger partial charge is 0.323 e. The lowest BCUT2D eigenvalue weighted by Gasteiger charge is -2.12. The molecule has 2 aromatic rings. The number of rotatable bonds is 2. The van der Waals surface area contributed by atoms with Gasteiger partial charge in [-0.25, -0.2) is 13.2 Å². The summed E-state index contributed by atoms with van der Waals surface area (Å²) in [6, 6.07) is 9.16. The number of carbonyl (C=O) groups excluding carboxylic acids is 1. The van der Waals surface area contributed by atoms with Crippen LogP contribution in [0.15, 0.2) is 36.4 Å². The third-order valence-electron chi connectivity index (χ3n) is 2.55. The van der Waals surface area contributed by atoms with Crippen molar-refractivity contribution in [1.29, 1.82) is 0 Å². The molecular weight excluding hydrogens is 255 g/mol. The molecule has 0 aliphatic carbocycles. The Morgan fingerprint density at radius 1 is 1.05 bits per heavy atom. The summed E-state index contributed by atoms with van der Waals surface area (Å²) in [6.07, 6.45) is 0. The molecule has 0 unspecified atom stereocenters. The summed E-state index contributed by atoms with van der Waals surface area (Å²) in [6.45, 7) is 1.16. The predicted octanol–water partition coefficient (Wildman–Crippen LogP) is 3.73. The fourth-order valence-corrected chi connectivity index (χ4v) is 1.74. The van der Waals surface area contributed by atoms with Gasteiger partial charge >= 0.3 is 0 Å². The third-order valence-corrected chi connectivity index (χ3v) is 2.55. The molecule has 0 aliphatic rings. The summed E-state index contributed by atoms with van der Waals surface area (Å²) in [7, 11) is 0. The monoisotopic (exact) mass is 265 g/mol. The van der Waals surface area contributed by atoms with Crippen LogP contribution >= 0.6 is 0 Å². The highest BCUT2D eigenvalue weighted by atomic mass is 19.2. The molecule has 0 fully saturated rings. The van der Waals surface area contributed by atoms with Crippen LogP contribution in [-0.2, 0) is 4.79 Å². The predicted molar refractivity (Wildman–Crippen MR) is 66.1 cm³/mol. The molecule has 0 saturated heterocycles. The van der Waals surface area contributed by atoms with Gasteiger partial charge in [0, 0.05) is 12.5 Å². The van der Waals surface area contributed by atoms with Gasteiger partial charge in [-0.05, 0) is 11.6 Å². The van der Waals surface area contributed by atoms with Gasteiger partial charge in [-0.2, -0.15) is 0 Å². The molecule has 0 bridgehead atoms. The van der Waals surface area contributed by atoms with Crippen molar-refractivity contribution in [3.8, 4) is 11.1 Å². The van der Waals surface area contributed by atoms with Crippen LogP contribution in [0.25, 0.3) is 11.1 Å². The van der Waals surface area contributed by atoms with Crippen LogP contribution in [0, 0.1) is 17.5 Å². The highest BCUT2D eigenvalue weighted by molar-refractivity contribution is 5.94. The number of amides is 1. The number of anilines is 1. The number of hydrogen-bond acceptors (Lipinski definition) is 1. The minimum Gasteiger partial charge on any atom is -0.323 e. The summed E-state index contributed by atoms with van der Waals surface area (Å²) in [4.78, 5) is 11.1. The fourth-order valence-electron chi connectivity index (χ4n) is 1.74. The quantitative estimate of drug-likeness (QED) is 0.823. The van der Waals surface area contributed by atoms with Crippen molar-refractivity contribution in [2.45, 2.75) is 6.92 Å². The lowest BCUT2D eigenvalue weighted by molar-refractivity contribution is -0.114. The standard InChI is InChI=1S/C14H10F3NO/c1-8(19)18-14-10(9-5-3-2-4-6-9)7-11(15)12(16)13(14)17/h2-7H,1H3,(H,18,19). The van der Waals surface area contributed by atoms with Crippen LogP contribution in [0.2, 0.25) is 0 Å². The highest BCUT2D eigenvalue weighted by Crippen LogP contribution is 2.33. The first-order valence-corrected chi connectivity index (χ1v) is 5.51. The molecule has 1 N–H and O–H groups in total. The maximum absolute atomic E-state index is 13.7. The Morgan fingerprint density at radius 2 is 1.68 bits per heavy atom. The van der Waals surface area contributed by atoms with E-state index in [0.29, 0.717) is 5.56 Å². The van der Waals surface area contributed by atoms with Crippen LogP contribution in [0.4, 0.5) is 18.9 Å². The first-order valence-electron chi connectivity index (χ1n) is 5.51. The van der Waals surface area contributed by atoms with E-state index in [4.69, 9.17) is 0 Å². The van der Waals surface area contributed by atoms with Gasteiger partial charge in [0.2, 0.25) is 5.91 Å². The van der Waals surface area contributed by atoms with Crippen molar-refractivity contribution >= 4 is 11.6 Å². The summed E-state index contributed by atoms with van der Waals surface area (Å²) in [5.74, 6) is -4.88. The van der Waals surface area contributed by atoms with E-state index in [1.165, 1.54) is 0 Å². The molecule has 1 amide bonds. The van der Waals surface area contributed by atoms with Crippen molar-refractivity contribution in [3.05, 3.63) is 53.8 Å². The van der Waals surface area contributed by atoms with Crippen molar-refractivity contribution < 1.29 is 18.0 Å². The first kappa shape index (κ1) is 13.1. The van der Waals surface area contributed by atoms with Gasteiger partial charge in [-0.15, -0.1) is 0 Å². The van der Waals surface area contributed by atoms with Gasteiger partial charge in [-0.3, -0.25) is 4.79 Å². The summed E-state index contributed by atoms with van der Waals surface area (Å²) in [5.41, 5.74) is 0.203. The number of nitrogens with one attached hydrogen (secondary N) is 1. The second-order valence-corrected chi connectivity index (χ2v) is 3.96. The van der Waals surface area contributed by atoms with Gasteiger partial charge in [0.1, 0.15) is 0 Å². The molecule has 0 saturated carbocycles. The van der Waals surface area contributed by atoms with Crippen LogP contribution in [0.5, 0.6) is 0 Å². The van der Waals surface area contributed by atoms with Gasteiger partial charge in [0.05, 0.1) is 5.69 Å². The second-order valence-electron chi connectivity index (χ2n) is 3.96. The molecule has 98 valence electrons. The Bertz CT molecular complexity index is 626. The Morgan fingerprint density at radius 3 is 2.26 bits per heavy atom. The Kier molecular flexibility index (Phi) is 3.55. The SMILES string of the molecule is CC(=O)Nc1c(-c2ccccc2)cc(F)c(F)c1F. The van der Waals surface area contributed by atoms with Gasteiger partial charge in [0.25, 0.3) is 0 Å². The molecule has 0 radical (unpaired) electrons. The van der Waals surface area contributed by atoms with Gasteiger partial charge in [0.15, 0.2) is 17.5 Å². The molecule has 0 heterocycles. The highest BCUT2D eigenvalue weighted by Gasteiger charge is 2.20. The number of benzene rings is 2. The number of hydrogen-bond donors (Lipinski definition) is 1. The average molecular weight is 265 g/mol. The van der Waals surface area contributed by atoms with Crippen LogP contribution < -0.4 is 5.32 Å². The summed E-state index contributed by atoms with van der Waals surface area (Å²) < 4.78 is 40.3. The molecule has 2 aromatic carbocycles. The first-order chi connectivity index (χ1) is 9.00. The van der Waals surface area contributed by atoms with E-state index in [9.17, 15) is 18.0 Å². The van der Waals surface area contributed by atoms with E-state index in [-0.39, 0.29) is 11.3 Å². The van der Waals surface area contributed by atoms with E-state index in [1.54, 1.807) is 30.3 Å². The zero-order chi connectivity index (χ0) is 14.0. The minimum absolute atomic E-state index is 0.0900. The molecule has 19 heavy (non-hydrogen) atoms. The van der Waals surface area contributed by atoms with Crippen LogP contribution in [0.3, 0.4) is 0 Å². The molecule has 0 aliphatic heterocycles.